The SMILES string of the molecule is Cn1c(-c2ccccc2)ccc1-c1ncnn1CCO. The number of aromatic nitrogens is 4. The first-order chi connectivity index (χ1) is 9.81. The molecule has 0 bridgehead atoms. The minimum Gasteiger partial charge on any atom is -0.394 e. The second kappa shape index (κ2) is 5.30. The van der Waals surface area contributed by atoms with Crippen molar-refractivity contribution in [1.29, 1.82) is 0 Å². The Labute approximate surface area is 117 Å². The van der Waals surface area contributed by atoms with Crippen LogP contribution in [0.3, 0.4) is 0 Å². The molecular weight excluding hydrogens is 252 g/mol. The lowest BCUT2D eigenvalue weighted by molar-refractivity contribution is 0.270. The Morgan fingerprint density at radius 1 is 1.05 bits per heavy atom. The fourth-order valence-corrected chi connectivity index (χ4v) is 2.36. The van der Waals surface area contributed by atoms with Gasteiger partial charge in [-0.15, -0.1) is 0 Å². The molecule has 0 saturated carbocycles. The highest BCUT2D eigenvalue weighted by Gasteiger charge is 2.13. The van der Waals surface area contributed by atoms with Crippen LogP contribution >= 0.6 is 0 Å². The first-order valence-corrected chi connectivity index (χ1v) is 6.51. The summed E-state index contributed by atoms with van der Waals surface area (Å²) in [6.07, 6.45) is 1.51. The first-order valence-electron chi connectivity index (χ1n) is 6.51. The molecular formula is C15H16N4O. The Hall–Kier alpha value is -2.40. The number of benzene rings is 1. The molecule has 2 aromatic heterocycles. The number of aliphatic hydroxyl groups is 1. The van der Waals surface area contributed by atoms with Crippen molar-refractivity contribution in [2.45, 2.75) is 6.54 Å². The standard InChI is InChI=1S/C15H16N4O/c1-18-13(12-5-3-2-4-6-12)7-8-14(18)15-16-11-17-19(15)9-10-20/h2-8,11,20H,9-10H2,1H3. The Bertz CT molecular complexity index is 700. The highest BCUT2D eigenvalue weighted by atomic mass is 16.3. The van der Waals surface area contributed by atoms with Crippen molar-refractivity contribution in [2.75, 3.05) is 6.61 Å². The lowest BCUT2D eigenvalue weighted by Crippen LogP contribution is -2.07. The summed E-state index contributed by atoms with van der Waals surface area (Å²) in [4.78, 5) is 4.29. The predicted octanol–water partition coefficient (Wildman–Crippen LogP) is 1.94. The third-order valence-electron chi connectivity index (χ3n) is 3.35. The smallest absolute Gasteiger partial charge is 0.174 e. The summed E-state index contributed by atoms with van der Waals surface area (Å²) in [5, 5.41) is 13.2. The largest absolute Gasteiger partial charge is 0.394 e. The van der Waals surface area contributed by atoms with Crippen LogP contribution in [0.5, 0.6) is 0 Å². The molecule has 102 valence electrons. The van der Waals surface area contributed by atoms with E-state index in [-0.39, 0.29) is 6.61 Å². The van der Waals surface area contributed by atoms with Crippen LogP contribution in [-0.2, 0) is 13.6 Å². The minimum atomic E-state index is 0.0479. The molecule has 0 spiro atoms. The summed E-state index contributed by atoms with van der Waals surface area (Å²) < 4.78 is 3.80. The van der Waals surface area contributed by atoms with E-state index < -0.39 is 0 Å². The van der Waals surface area contributed by atoms with E-state index in [0.717, 1.165) is 22.8 Å². The molecule has 2 heterocycles. The van der Waals surface area contributed by atoms with Gasteiger partial charge in [0.05, 0.1) is 18.8 Å². The van der Waals surface area contributed by atoms with Crippen molar-refractivity contribution in [3.8, 4) is 22.8 Å². The molecule has 0 fully saturated rings. The number of rotatable bonds is 4. The third-order valence-corrected chi connectivity index (χ3v) is 3.35. The first kappa shape index (κ1) is 12.6. The summed E-state index contributed by atoms with van der Waals surface area (Å²) in [6.45, 7) is 0.494. The van der Waals surface area contributed by atoms with Crippen LogP contribution in [-0.4, -0.2) is 31.0 Å². The van der Waals surface area contributed by atoms with Crippen LogP contribution in [0, 0.1) is 0 Å². The van der Waals surface area contributed by atoms with Gasteiger partial charge in [0.2, 0.25) is 0 Å². The summed E-state index contributed by atoms with van der Waals surface area (Å²) in [6, 6.07) is 14.3. The van der Waals surface area contributed by atoms with Crippen LogP contribution in [0.25, 0.3) is 22.8 Å². The van der Waals surface area contributed by atoms with Gasteiger partial charge >= 0.3 is 0 Å². The van der Waals surface area contributed by atoms with E-state index in [1.54, 1.807) is 4.68 Å². The van der Waals surface area contributed by atoms with Crippen molar-refractivity contribution >= 4 is 0 Å². The summed E-state index contributed by atoms with van der Waals surface area (Å²) in [7, 11) is 2.01. The average molecular weight is 268 g/mol. The van der Waals surface area contributed by atoms with Gasteiger partial charge in [0.25, 0.3) is 0 Å². The van der Waals surface area contributed by atoms with E-state index in [2.05, 4.69) is 32.8 Å². The topological polar surface area (TPSA) is 55.9 Å². The molecule has 3 aromatic rings. The molecule has 0 aliphatic carbocycles. The summed E-state index contributed by atoms with van der Waals surface area (Å²) >= 11 is 0. The number of hydrogen-bond donors (Lipinski definition) is 1. The molecule has 1 N–H and O–H groups in total. The Morgan fingerprint density at radius 2 is 1.80 bits per heavy atom. The second-order valence-electron chi connectivity index (χ2n) is 4.56. The van der Waals surface area contributed by atoms with Crippen LogP contribution < -0.4 is 0 Å². The molecule has 0 saturated heterocycles. The van der Waals surface area contributed by atoms with E-state index >= 15 is 0 Å². The molecule has 20 heavy (non-hydrogen) atoms. The van der Waals surface area contributed by atoms with E-state index in [4.69, 9.17) is 5.11 Å². The normalized spacial score (nSPS) is 10.9. The molecule has 0 aliphatic rings. The number of hydrogen-bond acceptors (Lipinski definition) is 3. The van der Waals surface area contributed by atoms with E-state index in [1.807, 2.05) is 31.3 Å². The van der Waals surface area contributed by atoms with Crippen LogP contribution in [0.2, 0.25) is 0 Å². The van der Waals surface area contributed by atoms with Crippen molar-refractivity contribution < 1.29 is 5.11 Å². The third kappa shape index (κ3) is 2.12. The zero-order chi connectivity index (χ0) is 13.9. The fraction of sp³-hybridized carbons (Fsp3) is 0.200. The van der Waals surface area contributed by atoms with Gasteiger partial charge in [-0.05, 0) is 17.7 Å². The van der Waals surface area contributed by atoms with Crippen LogP contribution in [0.15, 0.2) is 48.8 Å². The van der Waals surface area contributed by atoms with Gasteiger partial charge < -0.3 is 9.67 Å². The zero-order valence-corrected chi connectivity index (χ0v) is 11.3. The van der Waals surface area contributed by atoms with Gasteiger partial charge in [0.15, 0.2) is 5.82 Å². The lowest BCUT2D eigenvalue weighted by Gasteiger charge is -2.08. The number of aliphatic hydroxyl groups excluding tert-OH is 1. The molecule has 1 aromatic carbocycles. The van der Waals surface area contributed by atoms with Crippen molar-refractivity contribution in [3.63, 3.8) is 0 Å². The monoisotopic (exact) mass is 268 g/mol. The van der Waals surface area contributed by atoms with Gasteiger partial charge in [0, 0.05) is 12.7 Å². The van der Waals surface area contributed by atoms with Gasteiger partial charge in [0.1, 0.15) is 6.33 Å². The maximum atomic E-state index is 9.07. The average Bonchev–Trinajstić information content (AvgIpc) is 3.07. The quantitative estimate of drug-likeness (QED) is 0.786. The minimum absolute atomic E-state index is 0.0479. The molecule has 3 rings (SSSR count). The van der Waals surface area contributed by atoms with E-state index in [9.17, 15) is 0 Å². The van der Waals surface area contributed by atoms with Crippen LogP contribution in [0.4, 0.5) is 0 Å². The molecule has 5 heteroatoms. The van der Waals surface area contributed by atoms with Crippen molar-refractivity contribution in [1.82, 2.24) is 19.3 Å². The van der Waals surface area contributed by atoms with Gasteiger partial charge in [-0.2, -0.15) is 5.10 Å². The lowest BCUT2D eigenvalue weighted by atomic mass is 10.2. The molecule has 5 nitrogen and oxygen atoms in total. The molecule has 0 amide bonds. The molecule has 0 atom stereocenters. The summed E-state index contributed by atoms with van der Waals surface area (Å²) in [5.74, 6) is 0.767. The Morgan fingerprint density at radius 3 is 2.55 bits per heavy atom. The summed E-state index contributed by atoms with van der Waals surface area (Å²) in [5.41, 5.74) is 3.27. The molecule has 0 unspecified atom stereocenters. The molecule has 0 radical (unpaired) electrons. The van der Waals surface area contributed by atoms with Crippen LogP contribution in [0.1, 0.15) is 0 Å². The number of nitrogens with zero attached hydrogens (tertiary/aromatic N) is 4. The maximum Gasteiger partial charge on any atom is 0.174 e. The van der Waals surface area contributed by atoms with E-state index in [1.165, 1.54) is 6.33 Å². The maximum absolute atomic E-state index is 9.07. The fourth-order valence-electron chi connectivity index (χ4n) is 2.36. The zero-order valence-electron chi connectivity index (χ0n) is 11.3. The van der Waals surface area contributed by atoms with Gasteiger partial charge in [-0.3, -0.25) is 0 Å². The van der Waals surface area contributed by atoms with Crippen molar-refractivity contribution in [2.24, 2.45) is 7.05 Å². The molecule has 0 aliphatic heterocycles. The van der Waals surface area contributed by atoms with Gasteiger partial charge in [-0.25, -0.2) is 9.67 Å². The Kier molecular flexibility index (Phi) is 3.35. The predicted molar refractivity (Wildman–Crippen MR) is 77.0 cm³/mol. The highest BCUT2D eigenvalue weighted by Crippen LogP contribution is 2.26. The Balaban J connectivity index is 2.04. The van der Waals surface area contributed by atoms with E-state index in [0.29, 0.717) is 6.54 Å². The second-order valence-corrected chi connectivity index (χ2v) is 4.56. The van der Waals surface area contributed by atoms with Gasteiger partial charge in [-0.1, -0.05) is 30.3 Å². The highest BCUT2D eigenvalue weighted by molar-refractivity contribution is 5.66. The van der Waals surface area contributed by atoms with Crippen molar-refractivity contribution in [3.05, 3.63) is 48.8 Å².